The number of hydrogen-bond acceptors (Lipinski definition) is 4. The molecule has 1 aromatic carbocycles. The van der Waals surface area contributed by atoms with Crippen LogP contribution in [0.4, 0.5) is 0 Å². The van der Waals surface area contributed by atoms with Crippen LogP contribution in [0.1, 0.15) is 44.1 Å². The Hall–Kier alpha value is -1.76. The van der Waals surface area contributed by atoms with Gasteiger partial charge in [-0.3, -0.25) is 0 Å². The molecule has 1 heterocycles. The average Bonchev–Trinajstić information content (AvgIpc) is 3.10. The fourth-order valence-corrected chi connectivity index (χ4v) is 5.06. The molecule has 6 nitrogen and oxygen atoms in total. The van der Waals surface area contributed by atoms with Gasteiger partial charge in [0.05, 0.1) is 4.90 Å². The summed E-state index contributed by atoms with van der Waals surface area (Å²) in [5, 5.41) is 3.45. The summed E-state index contributed by atoms with van der Waals surface area (Å²) in [4.78, 5) is 0.204. The molecule has 0 aromatic heterocycles. The number of aryl methyl sites for hydroxylation is 1. The van der Waals surface area contributed by atoms with Crippen LogP contribution in [0.5, 0.6) is 0 Å². The van der Waals surface area contributed by atoms with Gasteiger partial charge in [0, 0.05) is 19.3 Å². The number of rotatable bonds is 4. The molecule has 1 saturated heterocycles. The zero-order chi connectivity index (χ0) is 17.2. The smallest absolute Gasteiger partial charge is 0.235 e. The molecule has 1 aromatic rings. The van der Waals surface area contributed by atoms with Crippen LogP contribution in [0, 0.1) is 12.5 Å². The number of sulfonamides is 1. The van der Waals surface area contributed by atoms with Gasteiger partial charge in [-0.05, 0) is 31.9 Å². The number of hydrogen-bond donors (Lipinski definition) is 1. The van der Waals surface area contributed by atoms with Gasteiger partial charge in [-0.25, -0.2) is 4.58 Å². The molecule has 7 heteroatoms. The van der Waals surface area contributed by atoms with Crippen LogP contribution in [0.25, 0.3) is 0 Å². The third-order valence-electron chi connectivity index (χ3n) is 4.99. The van der Waals surface area contributed by atoms with Crippen molar-refractivity contribution in [1.29, 1.82) is 5.53 Å². The molecule has 1 atom stereocenters. The summed E-state index contributed by atoms with van der Waals surface area (Å²) in [7, 11) is -3.80. The molecule has 1 saturated carbocycles. The molecule has 130 valence electrons. The van der Waals surface area contributed by atoms with Crippen molar-refractivity contribution >= 4 is 15.7 Å². The molecule has 1 aliphatic carbocycles. The molecule has 1 aliphatic heterocycles. The van der Waals surface area contributed by atoms with E-state index in [1.807, 2.05) is 6.92 Å². The topological polar surface area (TPSA) is 76.6 Å². The Bertz CT molecular complexity index is 732. The lowest BCUT2D eigenvalue weighted by Crippen LogP contribution is -2.46. The fourth-order valence-electron chi connectivity index (χ4n) is 3.70. The first kappa shape index (κ1) is 17.1. The van der Waals surface area contributed by atoms with Gasteiger partial charge in [-0.2, -0.15) is 18.4 Å². The minimum atomic E-state index is -3.80. The Kier molecular flexibility index (Phi) is 4.99. The molecule has 0 spiro atoms. The van der Waals surface area contributed by atoms with Crippen molar-refractivity contribution in [3.63, 3.8) is 0 Å². The Morgan fingerprint density at radius 1 is 1.12 bits per heavy atom. The van der Waals surface area contributed by atoms with E-state index in [0.29, 0.717) is 0 Å². The molecule has 0 bridgehead atoms. The maximum Gasteiger partial charge on any atom is 0.281 e. The monoisotopic (exact) mass is 349 g/mol. The van der Waals surface area contributed by atoms with Crippen molar-refractivity contribution in [2.75, 3.05) is 13.1 Å². The van der Waals surface area contributed by atoms with E-state index < -0.39 is 10.0 Å². The first-order valence-corrected chi connectivity index (χ1v) is 10.1. The van der Waals surface area contributed by atoms with Crippen LogP contribution in [-0.4, -0.2) is 42.3 Å². The Labute approximate surface area is 143 Å². The van der Waals surface area contributed by atoms with Crippen molar-refractivity contribution in [3.8, 4) is 0 Å². The average molecular weight is 349 g/mol. The van der Waals surface area contributed by atoms with Crippen molar-refractivity contribution in [2.24, 2.45) is 5.22 Å². The SMILES string of the molecule is Cc1ccc(S(=O)(=O)N(N=N)C2CCCCC2=[N+]2CCCC2)cc1. The van der Waals surface area contributed by atoms with E-state index in [0.717, 1.165) is 67.3 Å². The van der Waals surface area contributed by atoms with Crippen LogP contribution < -0.4 is 0 Å². The number of benzene rings is 1. The van der Waals surface area contributed by atoms with Crippen molar-refractivity contribution in [2.45, 2.75) is 56.4 Å². The van der Waals surface area contributed by atoms with E-state index in [1.165, 1.54) is 0 Å². The van der Waals surface area contributed by atoms with Gasteiger partial charge < -0.3 is 0 Å². The molecule has 2 fully saturated rings. The second-order valence-electron chi connectivity index (χ2n) is 6.64. The quantitative estimate of drug-likeness (QED) is 0.515. The van der Waals surface area contributed by atoms with Crippen molar-refractivity contribution < 1.29 is 13.0 Å². The van der Waals surface area contributed by atoms with E-state index in [-0.39, 0.29) is 10.9 Å². The number of nitrogens with zero attached hydrogens (tertiary/aromatic N) is 3. The van der Waals surface area contributed by atoms with Crippen LogP contribution in [0.2, 0.25) is 0 Å². The first-order valence-electron chi connectivity index (χ1n) is 8.63. The lowest BCUT2D eigenvalue weighted by Gasteiger charge is -2.29. The van der Waals surface area contributed by atoms with Crippen molar-refractivity contribution in [1.82, 2.24) is 4.41 Å². The molecule has 3 rings (SSSR count). The summed E-state index contributed by atoms with van der Waals surface area (Å²) in [6.07, 6.45) is 5.99. The highest BCUT2D eigenvalue weighted by Crippen LogP contribution is 2.28. The van der Waals surface area contributed by atoms with Crippen LogP contribution in [-0.2, 0) is 10.0 Å². The van der Waals surface area contributed by atoms with E-state index in [1.54, 1.807) is 24.3 Å². The van der Waals surface area contributed by atoms with Gasteiger partial charge in [-0.15, -0.1) is 0 Å². The third kappa shape index (κ3) is 3.22. The largest absolute Gasteiger partial charge is 0.281 e. The summed E-state index contributed by atoms with van der Waals surface area (Å²) in [5.74, 6) is 0. The standard InChI is InChI=1S/C17H25N4O2S/c1-14-8-10-15(11-9-14)24(22,23)21(19-18)17-7-3-2-6-16(17)20-12-4-5-13-20/h8-11,17-18H,2-7,12-13H2,1H3/q+1. The molecule has 0 amide bonds. The summed E-state index contributed by atoms with van der Waals surface area (Å²) in [5.41, 5.74) is 9.69. The summed E-state index contributed by atoms with van der Waals surface area (Å²) < 4.78 is 29.4. The molecular formula is C17H25N4O2S+. The second-order valence-corrected chi connectivity index (χ2v) is 8.43. The minimum Gasteiger partial charge on any atom is -0.235 e. The zero-order valence-corrected chi connectivity index (χ0v) is 14.9. The Balaban J connectivity index is 1.98. The Morgan fingerprint density at radius 2 is 1.79 bits per heavy atom. The lowest BCUT2D eigenvalue weighted by molar-refractivity contribution is -0.509. The summed E-state index contributed by atoms with van der Waals surface area (Å²) in [6, 6.07) is 6.44. The molecule has 24 heavy (non-hydrogen) atoms. The third-order valence-corrected chi connectivity index (χ3v) is 6.68. The molecule has 2 aliphatic rings. The second kappa shape index (κ2) is 7.01. The summed E-state index contributed by atoms with van der Waals surface area (Å²) >= 11 is 0. The number of nitrogens with one attached hydrogen (secondary N) is 1. The van der Waals surface area contributed by atoms with Gasteiger partial charge in [-0.1, -0.05) is 29.3 Å². The van der Waals surface area contributed by atoms with Crippen LogP contribution in [0.15, 0.2) is 34.4 Å². The molecule has 1 N–H and O–H groups in total. The molecule has 0 radical (unpaired) electrons. The van der Waals surface area contributed by atoms with Gasteiger partial charge in [0.1, 0.15) is 19.1 Å². The van der Waals surface area contributed by atoms with Crippen molar-refractivity contribution in [3.05, 3.63) is 29.8 Å². The first-order chi connectivity index (χ1) is 11.5. The highest BCUT2D eigenvalue weighted by atomic mass is 32.2. The normalized spacial score (nSPS) is 21.8. The van der Waals surface area contributed by atoms with Gasteiger partial charge in [0.25, 0.3) is 10.0 Å². The van der Waals surface area contributed by atoms with E-state index >= 15 is 0 Å². The van der Waals surface area contributed by atoms with Crippen LogP contribution >= 0.6 is 0 Å². The van der Waals surface area contributed by atoms with E-state index in [9.17, 15) is 8.42 Å². The maximum absolute atomic E-state index is 13.0. The highest BCUT2D eigenvalue weighted by molar-refractivity contribution is 7.89. The maximum atomic E-state index is 13.0. The van der Waals surface area contributed by atoms with Gasteiger partial charge in [0.2, 0.25) is 0 Å². The molecular weight excluding hydrogens is 324 g/mol. The fraction of sp³-hybridized carbons (Fsp3) is 0.588. The van der Waals surface area contributed by atoms with Crippen LogP contribution in [0.3, 0.4) is 0 Å². The minimum absolute atomic E-state index is 0.204. The van der Waals surface area contributed by atoms with E-state index in [2.05, 4.69) is 9.80 Å². The summed E-state index contributed by atoms with van der Waals surface area (Å²) in [6.45, 7) is 3.90. The zero-order valence-electron chi connectivity index (χ0n) is 14.1. The predicted molar refractivity (Wildman–Crippen MR) is 91.8 cm³/mol. The van der Waals surface area contributed by atoms with E-state index in [4.69, 9.17) is 5.53 Å². The lowest BCUT2D eigenvalue weighted by atomic mass is 9.93. The predicted octanol–water partition coefficient (Wildman–Crippen LogP) is 3.12. The van der Waals surface area contributed by atoms with Gasteiger partial charge in [0.15, 0.2) is 5.71 Å². The van der Waals surface area contributed by atoms with Gasteiger partial charge >= 0.3 is 0 Å². The highest BCUT2D eigenvalue weighted by Gasteiger charge is 2.40. The Morgan fingerprint density at radius 3 is 2.42 bits per heavy atom. The molecule has 1 unspecified atom stereocenters.